The second-order valence-electron chi connectivity index (χ2n) is 9.93. The molecule has 0 saturated carbocycles. The van der Waals surface area contributed by atoms with E-state index in [0.29, 0.717) is 0 Å². The van der Waals surface area contributed by atoms with E-state index in [-0.39, 0.29) is 0 Å². The van der Waals surface area contributed by atoms with Crippen LogP contribution in [-0.4, -0.2) is 38.0 Å². The maximum absolute atomic E-state index is 5.63. The smallest absolute Gasteiger partial charge is 0.107 e. The van der Waals surface area contributed by atoms with E-state index in [4.69, 9.17) is 26.4 Å². The van der Waals surface area contributed by atoms with E-state index in [1.807, 2.05) is 0 Å². The molecule has 6 N–H and O–H groups in total. The summed E-state index contributed by atoms with van der Waals surface area (Å²) in [5, 5.41) is 1.11. The maximum Gasteiger partial charge on any atom is 0.107 e. The molecule has 192 valence electrons. The Morgan fingerprint density at radius 2 is 1.08 bits per heavy atom. The summed E-state index contributed by atoms with van der Waals surface area (Å²) in [4.78, 5) is 21.4. The van der Waals surface area contributed by atoms with Crippen LogP contribution in [0.1, 0.15) is 37.3 Å². The van der Waals surface area contributed by atoms with E-state index in [2.05, 4.69) is 76.7 Å². The van der Waals surface area contributed by atoms with Gasteiger partial charge in [0.05, 0.1) is 33.3 Å². The quantitative estimate of drug-likeness (QED) is 0.174. The Labute approximate surface area is 221 Å². The second-order valence-corrected chi connectivity index (χ2v) is 9.93. The number of nitrogens with zero attached hydrogens (tertiary/aromatic N) is 3. The summed E-state index contributed by atoms with van der Waals surface area (Å²) in [6, 6.07) is 23.4. The molecule has 6 aromatic rings. The number of hydrogen-bond donors (Lipinski definition) is 4. The first-order chi connectivity index (χ1) is 18.7. The lowest BCUT2D eigenvalue weighted by atomic mass is 10.0. The number of hydrogen-bond acceptors (Lipinski definition) is 5. The minimum Gasteiger partial charge on any atom is -0.342 e. The summed E-state index contributed by atoms with van der Waals surface area (Å²) < 4.78 is 0. The van der Waals surface area contributed by atoms with E-state index >= 15 is 0 Å². The Morgan fingerprint density at radius 1 is 0.526 bits per heavy atom. The van der Waals surface area contributed by atoms with Gasteiger partial charge in [0.1, 0.15) is 11.6 Å². The van der Waals surface area contributed by atoms with Crippen LogP contribution in [0.15, 0.2) is 66.7 Å². The van der Waals surface area contributed by atoms with Gasteiger partial charge in [0.2, 0.25) is 0 Å². The van der Waals surface area contributed by atoms with Crippen LogP contribution in [0.3, 0.4) is 0 Å². The molecular formula is C31H33N7. The number of nitrogens with two attached hydrogens (primary N) is 2. The van der Waals surface area contributed by atoms with Gasteiger partial charge in [-0.2, -0.15) is 0 Å². The average molecular weight is 504 g/mol. The summed E-state index contributed by atoms with van der Waals surface area (Å²) in [5.41, 5.74) is 20.7. The summed E-state index contributed by atoms with van der Waals surface area (Å²) in [5.74, 6) is 2.04. The van der Waals surface area contributed by atoms with Crippen molar-refractivity contribution in [2.75, 3.05) is 13.1 Å². The van der Waals surface area contributed by atoms with Gasteiger partial charge in [-0.15, -0.1) is 0 Å². The molecule has 0 radical (unpaired) electrons. The monoisotopic (exact) mass is 503 g/mol. The molecule has 0 unspecified atom stereocenters. The third-order valence-corrected chi connectivity index (χ3v) is 7.12. The molecule has 7 nitrogen and oxygen atoms in total. The largest absolute Gasteiger partial charge is 0.342 e. The molecule has 0 aliphatic rings. The highest BCUT2D eigenvalue weighted by molar-refractivity contribution is 5.89. The molecule has 0 saturated heterocycles. The van der Waals surface area contributed by atoms with Gasteiger partial charge in [-0.3, -0.25) is 0 Å². The molecule has 0 aliphatic heterocycles. The zero-order valence-corrected chi connectivity index (χ0v) is 21.5. The standard InChI is InChI=1S/C31H33N7/c32-15-3-1-5-30-35-26-13-8-21(18-28(26)37-30)20-7-11-24-22(17-20)9-12-25(34-24)23-10-14-27-29(19-23)38-31(36-27)6-2-4-16-33/h7-14,17-19H,1-6,15-16,32-33H2,(H,35,37)(H,36,38). The van der Waals surface area contributed by atoms with Gasteiger partial charge in [-0.05, 0) is 92.4 Å². The molecule has 3 aromatic carbocycles. The van der Waals surface area contributed by atoms with Crippen molar-refractivity contribution in [3.05, 3.63) is 78.4 Å². The SMILES string of the molecule is NCCCCc1nc2ccc(-c3ccc4nc(-c5ccc6nc(CCCCN)[nH]c6c5)ccc4c3)cc2[nH]1. The van der Waals surface area contributed by atoms with Crippen molar-refractivity contribution in [1.29, 1.82) is 0 Å². The van der Waals surface area contributed by atoms with Crippen molar-refractivity contribution < 1.29 is 0 Å². The number of nitrogens with one attached hydrogen (secondary N) is 2. The van der Waals surface area contributed by atoms with Crippen LogP contribution in [0.2, 0.25) is 0 Å². The first-order valence-corrected chi connectivity index (χ1v) is 13.5. The summed E-state index contributed by atoms with van der Waals surface area (Å²) in [6.07, 6.45) is 5.97. The Hall–Kier alpha value is -4.07. The Kier molecular flexibility index (Phi) is 6.86. The predicted molar refractivity (Wildman–Crippen MR) is 156 cm³/mol. The van der Waals surface area contributed by atoms with E-state index in [1.54, 1.807) is 0 Å². The fourth-order valence-corrected chi connectivity index (χ4v) is 5.04. The Balaban J connectivity index is 1.24. The number of H-pyrrole nitrogens is 2. The van der Waals surface area contributed by atoms with E-state index in [0.717, 1.165) is 119 Å². The number of unbranched alkanes of at least 4 members (excludes halogenated alkanes) is 2. The molecule has 0 spiro atoms. The van der Waals surface area contributed by atoms with Crippen molar-refractivity contribution in [3.63, 3.8) is 0 Å². The van der Waals surface area contributed by atoms with Crippen molar-refractivity contribution in [1.82, 2.24) is 24.9 Å². The second kappa shape index (κ2) is 10.7. The van der Waals surface area contributed by atoms with Crippen molar-refractivity contribution in [2.45, 2.75) is 38.5 Å². The lowest BCUT2D eigenvalue weighted by molar-refractivity contribution is 0.724. The molecule has 0 atom stereocenters. The zero-order chi connectivity index (χ0) is 25.9. The fourth-order valence-electron chi connectivity index (χ4n) is 5.04. The molecule has 3 aromatic heterocycles. The minimum atomic E-state index is 0.718. The highest BCUT2D eigenvalue weighted by Crippen LogP contribution is 2.29. The molecule has 0 amide bonds. The zero-order valence-electron chi connectivity index (χ0n) is 21.5. The molecule has 0 aliphatic carbocycles. The van der Waals surface area contributed by atoms with Crippen LogP contribution >= 0.6 is 0 Å². The van der Waals surface area contributed by atoms with Gasteiger partial charge in [-0.25, -0.2) is 15.0 Å². The minimum absolute atomic E-state index is 0.718. The third kappa shape index (κ3) is 5.03. The van der Waals surface area contributed by atoms with Crippen LogP contribution < -0.4 is 11.5 Å². The van der Waals surface area contributed by atoms with Crippen LogP contribution in [0.25, 0.3) is 55.4 Å². The molecular weight excluding hydrogens is 470 g/mol. The number of imidazole rings is 2. The highest BCUT2D eigenvalue weighted by atomic mass is 14.9. The summed E-state index contributed by atoms with van der Waals surface area (Å²) in [6.45, 7) is 1.44. The van der Waals surface area contributed by atoms with Crippen molar-refractivity contribution in [2.24, 2.45) is 11.5 Å². The first kappa shape index (κ1) is 24.3. The third-order valence-electron chi connectivity index (χ3n) is 7.12. The van der Waals surface area contributed by atoms with Crippen LogP contribution in [-0.2, 0) is 12.8 Å². The molecule has 0 fully saturated rings. The normalized spacial score (nSPS) is 11.7. The number of aromatic nitrogens is 5. The molecule has 7 heteroatoms. The van der Waals surface area contributed by atoms with Gasteiger partial charge < -0.3 is 21.4 Å². The van der Waals surface area contributed by atoms with Gasteiger partial charge in [0, 0.05) is 23.8 Å². The van der Waals surface area contributed by atoms with E-state index in [9.17, 15) is 0 Å². The lowest BCUT2D eigenvalue weighted by Crippen LogP contribution is -1.99. The van der Waals surface area contributed by atoms with Gasteiger partial charge >= 0.3 is 0 Å². The topological polar surface area (TPSA) is 122 Å². The van der Waals surface area contributed by atoms with Crippen molar-refractivity contribution >= 4 is 33.0 Å². The average Bonchev–Trinajstić information content (AvgIpc) is 3.55. The molecule has 3 heterocycles. The highest BCUT2D eigenvalue weighted by Gasteiger charge is 2.09. The first-order valence-electron chi connectivity index (χ1n) is 13.5. The van der Waals surface area contributed by atoms with Crippen molar-refractivity contribution in [3.8, 4) is 22.4 Å². The Bertz CT molecular complexity index is 1590. The van der Waals surface area contributed by atoms with E-state index in [1.165, 1.54) is 0 Å². The number of aryl methyl sites for hydroxylation is 2. The summed E-state index contributed by atoms with van der Waals surface area (Å²) in [7, 11) is 0. The Morgan fingerprint density at radius 3 is 1.71 bits per heavy atom. The molecule has 38 heavy (non-hydrogen) atoms. The van der Waals surface area contributed by atoms with E-state index < -0.39 is 0 Å². The van der Waals surface area contributed by atoms with Crippen LogP contribution in [0, 0.1) is 0 Å². The molecule has 0 bridgehead atoms. The van der Waals surface area contributed by atoms with Crippen LogP contribution in [0.4, 0.5) is 0 Å². The van der Waals surface area contributed by atoms with Gasteiger partial charge in [-0.1, -0.05) is 24.3 Å². The number of benzene rings is 3. The number of pyridine rings is 1. The van der Waals surface area contributed by atoms with Gasteiger partial charge in [0.25, 0.3) is 0 Å². The lowest BCUT2D eigenvalue weighted by Gasteiger charge is -2.07. The number of rotatable bonds is 10. The number of fused-ring (bicyclic) bond motifs is 3. The number of aromatic amines is 2. The van der Waals surface area contributed by atoms with Crippen LogP contribution in [0.5, 0.6) is 0 Å². The van der Waals surface area contributed by atoms with Gasteiger partial charge in [0.15, 0.2) is 0 Å². The fraction of sp³-hybridized carbons (Fsp3) is 0.258. The predicted octanol–water partition coefficient (Wildman–Crippen LogP) is 5.88. The molecule has 6 rings (SSSR count). The summed E-state index contributed by atoms with van der Waals surface area (Å²) >= 11 is 0. The maximum atomic E-state index is 5.63.